The molecular weight excluding hydrogens is 365 g/mol. The number of aryl methyl sites for hydroxylation is 1. The van der Waals surface area contributed by atoms with Gasteiger partial charge in [-0.15, -0.1) is 11.3 Å². The summed E-state index contributed by atoms with van der Waals surface area (Å²) in [6, 6.07) is 7.93. The second kappa shape index (κ2) is 7.05. The Bertz CT molecular complexity index is 1030. The van der Waals surface area contributed by atoms with Gasteiger partial charge in [0, 0.05) is 41.4 Å². The maximum Gasteiger partial charge on any atom is 0.259 e. The smallest absolute Gasteiger partial charge is 0.259 e. The second-order valence-electron chi connectivity index (χ2n) is 7.02. The van der Waals surface area contributed by atoms with Gasteiger partial charge in [-0.1, -0.05) is 0 Å². The van der Waals surface area contributed by atoms with Gasteiger partial charge in [0.15, 0.2) is 4.96 Å². The summed E-state index contributed by atoms with van der Waals surface area (Å²) in [6.45, 7) is 5.40. The Kier molecular flexibility index (Phi) is 4.74. The van der Waals surface area contributed by atoms with Crippen LogP contribution in [0.1, 0.15) is 35.5 Å². The van der Waals surface area contributed by atoms with Crippen LogP contribution in [0.4, 0.5) is 10.1 Å². The molecule has 0 saturated heterocycles. The molecule has 2 heterocycles. The van der Waals surface area contributed by atoms with Gasteiger partial charge in [0.25, 0.3) is 5.56 Å². The molecule has 4 rings (SSSR count). The van der Waals surface area contributed by atoms with E-state index in [0.29, 0.717) is 17.2 Å². The number of aliphatic hydroxyl groups is 1. The zero-order valence-electron chi connectivity index (χ0n) is 15.4. The number of benzene rings is 1. The fourth-order valence-electron chi connectivity index (χ4n) is 3.67. The Morgan fingerprint density at radius 2 is 2.11 bits per heavy atom. The van der Waals surface area contributed by atoms with Gasteiger partial charge < -0.3 is 10.0 Å². The summed E-state index contributed by atoms with van der Waals surface area (Å²) in [5, 5.41) is 9.37. The number of hydrogen-bond acceptors (Lipinski definition) is 5. The Balaban J connectivity index is 1.67. The lowest BCUT2D eigenvalue weighted by Crippen LogP contribution is -2.25. The fourth-order valence-corrected chi connectivity index (χ4v) is 4.73. The van der Waals surface area contributed by atoms with E-state index in [1.54, 1.807) is 22.6 Å². The number of aliphatic hydroxyl groups excluding tert-OH is 1. The third-order valence-electron chi connectivity index (χ3n) is 5.22. The normalized spacial score (nSPS) is 18.8. The molecule has 2 aromatic heterocycles. The van der Waals surface area contributed by atoms with Crippen LogP contribution in [0.3, 0.4) is 0 Å². The van der Waals surface area contributed by atoms with Gasteiger partial charge in [-0.05, 0) is 50.5 Å². The summed E-state index contributed by atoms with van der Waals surface area (Å²) in [5.41, 5.74) is 2.53. The van der Waals surface area contributed by atoms with E-state index in [9.17, 15) is 14.3 Å². The van der Waals surface area contributed by atoms with Crippen molar-refractivity contribution in [2.75, 3.05) is 18.1 Å². The first kappa shape index (κ1) is 18.1. The van der Waals surface area contributed by atoms with Crippen molar-refractivity contribution in [3.63, 3.8) is 0 Å². The van der Waals surface area contributed by atoms with Crippen LogP contribution >= 0.6 is 11.3 Å². The predicted molar refractivity (Wildman–Crippen MR) is 105 cm³/mol. The van der Waals surface area contributed by atoms with Crippen LogP contribution in [0, 0.1) is 18.7 Å². The molecule has 0 bridgehead atoms. The molecule has 2 atom stereocenters. The molecule has 1 aliphatic carbocycles. The zero-order chi connectivity index (χ0) is 19.1. The van der Waals surface area contributed by atoms with Crippen LogP contribution in [0.2, 0.25) is 0 Å². The van der Waals surface area contributed by atoms with Gasteiger partial charge in [-0.3, -0.25) is 9.20 Å². The van der Waals surface area contributed by atoms with E-state index in [0.717, 1.165) is 29.2 Å². The maximum atomic E-state index is 13.2. The molecule has 7 heteroatoms. The summed E-state index contributed by atoms with van der Waals surface area (Å²) in [7, 11) is 0. The van der Waals surface area contributed by atoms with E-state index in [1.165, 1.54) is 23.5 Å². The van der Waals surface area contributed by atoms with Crippen molar-refractivity contribution >= 4 is 22.0 Å². The quantitative estimate of drug-likeness (QED) is 0.705. The van der Waals surface area contributed by atoms with E-state index in [-0.39, 0.29) is 29.8 Å². The van der Waals surface area contributed by atoms with Crippen LogP contribution in [0.25, 0.3) is 4.96 Å². The standard InChI is InChI=1S/C20H22FN3O2S/c1-3-23(16-6-4-14(21)5-7-16)10-15-9-18(26)24-19(17-8-13(17)11-25)12(2)27-20(24)22-15/h4-7,9,13,17,25H,3,8,10-11H2,1-2H3/t13-,17+/m0/s1. The molecule has 1 saturated carbocycles. The first-order valence-electron chi connectivity index (χ1n) is 9.15. The number of rotatable bonds is 6. The highest BCUT2D eigenvalue weighted by Crippen LogP contribution is 2.49. The molecule has 0 unspecified atom stereocenters. The molecular formula is C20H22FN3O2S. The molecule has 1 fully saturated rings. The van der Waals surface area contributed by atoms with Gasteiger partial charge >= 0.3 is 0 Å². The first-order chi connectivity index (χ1) is 13.0. The third kappa shape index (κ3) is 3.37. The third-order valence-corrected chi connectivity index (χ3v) is 6.19. The summed E-state index contributed by atoms with van der Waals surface area (Å²) in [5.74, 6) is 0.234. The van der Waals surface area contributed by atoms with Crippen molar-refractivity contribution in [2.45, 2.75) is 32.7 Å². The van der Waals surface area contributed by atoms with Crippen LogP contribution in [0.5, 0.6) is 0 Å². The zero-order valence-corrected chi connectivity index (χ0v) is 16.2. The Hall–Kier alpha value is -2.25. The van der Waals surface area contributed by atoms with Crippen molar-refractivity contribution in [2.24, 2.45) is 5.92 Å². The van der Waals surface area contributed by atoms with E-state index in [2.05, 4.69) is 4.90 Å². The minimum Gasteiger partial charge on any atom is -0.396 e. The Morgan fingerprint density at radius 3 is 2.74 bits per heavy atom. The average Bonchev–Trinajstić information content (AvgIpc) is 3.35. The molecule has 0 aliphatic heterocycles. The molecule has 0 spiro atoms. The predicted octanol–water partition coefficient (Wildman–Crippen LogP) is 3.33. The van der Waals surface area contributed by atoms with E-state index in [1.807, 2.05) is 13.8 Å². The SMILES string of the molecule is CCN(Cc1cc(=O)n2c([C@@H]3C[C@H]3CO)c(C)sc2n1)c1ccc(F)cc1. The minimum absolute atomic E-state index is 0.0758. The van der Waals surface area contributed by atoms with Crippen LogP contribution in [-0.4, -0.2) is 27.6 Å². The topological polar surface area (TPSA) is 57.8 Å². The average molecular weight is 387 g/mol. The van der Waals surface area contributed by atoms with Crippen molar-refractivity contribution in [1.29, 1.82) is 0 Å². The Labute approximate surface area is 160 Å². The van der Waals surface area contributed by atoms with Crippen LogP contribution in [0.15, 0.2) is 35.1 Å². The summed E-state index contributed by atoms with van der Waals surface area (Å²) >= 11 is 1.52. The highest BCUT2D eigenvalue weighted by atomic mass is 32.1. The van der Waals surface area contributed by atoms with E-state index < -0.39 is 0 Å². The number of anilines is 1. The molecule has 1 aromatic carbocycles. The lowest BCUT2D eigenvalue weighted by atomic mass is 10.2. The lowest BCUT2D eigenvalue weighted by molar-refractivity contribution is 0.273. The molecule has 5 nitrogen and oxygen atoms in total. The van der Waals surface area contributed by atoms with Gasteiger partial charge in [-0.2, -0.15) is 0 Å². The van der Waals surface area contributed by atoms with Crippen molar-refractivity contribution in [3.8, 4) is 0 Å². The number of nitrogens with zero attached hydrogens (tertiary/aromatic N) is 3. The van der Waals surface area contributed by atoms with Gasteiger partial charge in [0.1, 0.15) is 5.82 Å². The molecule has 1 aliphatic rings. The summed E-state index contributed by atoms with van der Waals surface area (Å²) < 4.78 is 14.9. The number of hydrogen-bond donors (Lipinski definition) is 1. The van der Waals surface area contributed by atoms with Crippen molar-refractivity contribution in [3.05, 3.63) is 62.8 Å². The van der Waals surface area contributed by atoms with Gasteiger partial charge in [0.05, 0.1) is 12.2 Å². The Morgan fingerprint density at radius 1 is 1.37 bits per heavy atom. The maximum absolute atomic E-state index is 13.2. The number of aromatic nitrogens is 2. The van der Waals surface area contributed by atoms with Gasteiger partial charge in [-0.25, -0.2) is 9.37 Å². The highest BCUT2D eigenvalue weighted by Gasteiger charge is 2.41. The fraction of sp³-hybridized carbons (Fsp3) is 0.400. The van der Waals surface area contributed by atoms with E-state index >= 15 is 0 Å². The molecule has 0 radical (unpaired) electrons. The molecule has 3 aromatic rings. The van der Waals surface area contributed by atoms with Crippen LogP contribution < -0.4 is 10.5 Å². The molecule has 0 amide bonds. The monoisotopic (exact) mass is 387 g/mol. The largest absolute Gasteiger partial charge is 0.396 e. The van der Waals surface area contributed by atoms with Gasteiger partial charge in [0.2, 0.25) is 0 Å². The highest BCUT2D eigenvalue weighted by molar-refractivity contribution is 7.17. The van der Waals surface area contributed by atoms with Crippen LogP contribution in [-0.2, 0) is 6.54 Å². The van der Waals surface area contributed by atoms with Crippen molar-refractivity contribution in [1.82, 2.24) is 9.38 Å². The first-order valence-corrected chi connectivity index (χ1v) is 9.96. The summed E-state index contributed by atoms with van der Waals surface area (Å²) in [4.78, 5) is 21.4. The minimum atomic E-state index is -0.268. The second-order valence-corrected chi connectivity index (χ2v) is 8.20. The van der Waals surface area contributed by atoms with Crippen molar-refractivity contribution < 1.29 is 9.50 Å². The summed E-state index contributed by atoms with van der Waals surface area (Å²) in [6.07, 6.45) is 0.922. The van der Waals surface area contributed by atoms with E-state index in [4.69, 9.17) is 4.98 Å². The number of thiazole rings is 1. The molecule has 142 valence electrons. The number of halogens is 1. The lowest BCUT2D eigenvalue weighted by Gasteiger charge is -2.22. The number of fused-ring (bicyclic) bond motifs is 1. The molecule has 27 heavy (non-hydrogen) atoms. The molecule has 1 N–H and O–H groups in total.